The van der Waals surface area contributed by atoms with Crippen LogP contribution in [0.5, 0.6) is 0 Å². The van der Waals surface area contributed by atoms with Crippen molar-refractivity contribution < 1.29 is 9.90 Å². The van der Waals surface area contributed by atoms with Gasteiger partial charge in [-0.3, -0.25) is 4.79 Å². The van der Waals surface area contributed by atoms with E-state index in [0.717, 1.165) is 5.69 Å². The first kappa shape index (κ1) is 9.21. The van der Waals surface area contributed by atoms with Crippen LogP contribution in [0.4, 0.5) is 5.69 Å². The van der Waals surface area contributed by atoms with Crippen LogP contribution in [-0.2, 0) is 4.79 Å². The Morgan fingerprint density at radius 1 is 1.29 bits per heavy atom. The third-order valence-corrected chi connectivity index (χ3v) is 2.51. The minimum atomic E-state index is -0.816. The van der Waals surface area contributed by atoms with E-state index in [1.54, 1.807) is 0 Å². The Labute approximate surface area is 83.0 Å². The number of carbonyl (C=O) groups is 1. The lowest BCUT2D eigenvalue weighted by Crippen LogP contribution is -2.44. The zero-order valence-electron chi connectivity index (χ0n) is 7.89. The van der Waals surface area contributed by atoms with Gasteiger partial charge in [-0.1, -0.05) is 18.2 Å². The average molecular weight is 191 g/mol. The highest BCUT2D eigenvalue weighted by Crippen LogP contribution is 2.17. The third-order valence-electron chi connectivity index (χ3n) is 2.51. The largest absolute Gasteiger partial charge is 0.383 e. The van der Waals surface area contributed by atoms with E-state index >= 15 is 0 Å². The highest BCUT2D eigenvalue weighted by Gasteiger charge is 2.24. The van der Waals surface area contributed by atoms with Crippen molar-refractivity contribution in [2.45, 2.75) is 12.5 Å². The molecule has 0 spiro atoms. The minimum Gasteiger partial charge on any atom is -0.383 e. The van der Waals surface area contributed by atoms with Crippen LogP contribution in [0.15, 0.2) is 30.3 Å². The Balaban J connectivity index is 2.11. The van der Waals surface area contributed by atoms with Gasteiger partial charge in [0.05, 0.1) is 6.54 Å². The predicted molar refractivity (Wildman–Crippen MR) is 54.3 cm³/mol. The topological polar surface area (TPSA) is 40.5 Å². The number of carbonyl (C=O) groups excluding carboxylic acids is 1. The van der Waals surface area contributed by atoms with Gasteiger partial charge in [-0.2, -0.15) is 0 Å². The molecule has 74 valence electrons. The second-order valence-electron chi connectivity index (χ2n) is 3.51. The molecule has 14 heavy (non-hydrogen) atoms. The van der Waals surface area contributed by atoms with Crippen molar-refractivity contribution in [1.82, 2.24) is 0 Å². The molecule has 0 amide bonds. The van der Waals surface area contributed by atoms with Crippen molar-refractivity contribution in [2.75, 3.05) is 18.0 Å². The third kappa shape index (κ3) is 1.77. The standard InChI is InChI=1S/C11H13NO2/c13-10-6-7-12(8-11(10)14)9-4-2-1-3-5-9/h1-5,11,14H,6-8H2. The van der Waals surface area contributed by atoms with Crippen molar-refractivity contribution in [2.24, 2.45) is 0 Å². The number of aliphatic hydroxyl groups is 1. The van der Waals surface area contributed by atoms with E-state index in [1.807, 2.05) is 35.2 Å². The zero-order valence-corrected chi connectivity index (χ0v) is 7.89. The molecule has 1 aromatic carbocycles. The summed E-state index contributed by atoms with van der Waals surface area (Å²) in [4.78, 5) is 13.1. The molecule has 1 aliphatic rings. The number of benzene rings is 1. The molecule has 1 heterocycles. The molecule has 0 aromatic heterocycles. The van der Waals surface area contributed by atoms with Gasteiger partial charge in [0, 0.05) is 18.7 Å². The highest BCUT2D eigenvalue weighted by atomic mass is 16.3. The average Bonchev–Trinajstić information content (AvgIpc) is 2.23. The predicted octanol–water partition coefficient (Wildman–Crippen LogP) is 0.827. The first-order chi connectivity index (χ1) is 6.77. The lowest BCUT2D eigenvalue weighted by atomic mass is 10.1. The smallest absolute Gasteiger partial charge is 0.164 e. The van der Waals surface area contributed by atoms with Crippen molar-refractivity contribution in [1.29, 1.82) is 0 Å². The molecule has 2 rings (SSSR count). The molecule has 3 nitrogen and oxygen atoms in total. The van der Waals surface area contributed by atoms with Crippen molar-refractivity contribution in [3.63, 3.8) is 0 Å². The number of para-hydroxylation sites is 1. The first-order valence-electron chi connectivity index (χ1n) is 4.78. The lowest BCUT2D eigenvalue weighted by molar-refractivity contribution is -0.127. The van der Waals surface area contributed by atoms with Gasteiger partial charge in [-0.15, -0.1) is 0 Å². The van der Waals surface area contributed by atoms with E-state index < -0.39 is 6.10 Å². The van der Waals surface area contributed by atoms with E-state index in [1.165, 1.54) is 0 Å². The number of ketones is 1. The van der Waals surface area contributed by atoms with Crippen LogP contribution in [0, 0.1) is 0 Å². The Morgan fingerprint density at radius 2 is 2.00 bits per heavy atom. The number of rotatable bonds is 1. The second-order valence-corrected chi connectivity index (χ2v) is 3.51. The summed E-state index contributed by atoms with van der Waals surface area (Å²) >= 11 is 0. The molecular weight excluding hydrogens is 178 g/mol. The maximum atomic E-state index is 11.1. The van der Waals surface area contributed by atoms with Crippen LogP contribution >= 0.6 is 0 Å². The van der Waals surface area contributed by atoms with E-state index in [0.29, 0.717) is 19.5 Å². The monoisotopic (exact) mass is 191 g/mol. The van der Waals surface area contributed by atoms with Gasteiger partial charge in [0.25, 0.3) is 0 Å². The molecule has 1 fully saturated rings. The van der Waals surface area contributed by atoms with Crippen molar-refractivity contribution in [3.05, 3.63) is 30.3 Å². The fourth-order valence-electron chi connectivity index (χ4n) is 1.69. The molecular formula is C11H13NO2. The Hall–Kier alpha value is -1.35. The van der Waals surface area contributed by atoms with Crippen molar-refractivity contribution >= 4 is 11.5 Å². The number of β-amino-alcohol motifs (C(OH)–C–C–N with tert-alkyl or cyclic N) is 1. The second kappa shape index (κ2) is 3.80. The summed E-state index contributed by atoms with van der Waals surface area (Å²) in [5.41, 5.74) is 1.07. The maximum absolute atomic E-state index is 11.1. The molecule has 1 unspecified atom stereocenters. The van der Waals surface area contributed by atoms with Crippen LogP contribution in [0.3, 0.4) is 0 Å². The molecule has 1 aromatic rings. The van der Waals surface area contributed by atoms with E-state index in [4.69, 9.17) is 0 Å². The van der Waals surface area contributed by atoms with Gasteiger partial charge in [0.15, 0.2) is 5.78 Å². The molecule has 0 bridgehead atoms. The lowest BCUT2D eigenvalue weighted by Gasteiger charge is -2.30. The molecule has 1 aliphatic heterocycles. The maximum Gasteiger partial charge on any atom is 0.164 e. The van der Waals surface area contributed by atoms with Gasteiger partial charge >= 0.3 is 0 Å². The summed E-state index contributed by atoms with van der Waals surface area (Å²) in [6.45, 7) is 1.13. The number of aliphatic hydroxyl groups excluding tert-OH is 1. The SMILES string of the molecule is O=C1CCN(c2ccccc2)CC1O. The van der Waals surface area contributed by atoms with Crippen LogP contribution in [0.25, 0.3) is 0 Å². The van der Waals surface area contributed by atoms with Gasteiger partial charge in [0.1, 0.15) is 6.10 Å². The summed E-state index contributed by atoms with van der Waals surface area (Å²) in [6.07, 6.45) is -0.375. The van der Waals surface area contributed by atoms with Gasteiger partial charge in [-0.05, 0) is 12.1 Å². The van der Waals surface area contributed by atoms with Gasteiger partial charge in [0.2, 0.25) is 0 Å². The molecule has 0 aliphatic carbocycles. The summed E-state index contributed by atoms with van der Waals surface area (Å²) in [6, 6.07) is 9.84. The number of piperidine rings is 1. The van der Waals surface area contributed by atoms with E-state index in [2.05, 4.69) is 0 Å². The summed E-state index contributed by atoms with van der Waals surface area (Å²) < 4.78 is 0. The highest BCUT2D eigenvalue weighted by molar-refractivity contribution is 5.85. The number of Topliss-reactive ketones (excluding diaryl/α,β-unsaturated/α-hetero) is 1. The summed E-state index contributed by atoms with van der Waals surface area (Å²) in [5, 5.41) is 9.42. The molecule has 3 heteroatoms. The van der Waals surface area contributed by atoms with Gasteiger partial charge in [-0.25, -0.2) is 0 Å². The van der Waals surface area contributed by atoms with Crippen LogP contribution in [0.2, 0.25) is 0 Å². The molecule has 0 saturated carbocycles. The zero-order chi connectivity index (χ0) is 9.97. The minimum absolute atomic E-state index is 0.0443. The Kier molecular flexibility index (Phi) is 2.50. The molecule has 1 saturated heterocycles. The number of anilines is 1. The fourth-order valence-corrected chi connectivity index (χ4v) is 1.69. The number of nitrogens with zero attached hydrogens (tertiary/aromatic N) is 1. The van der Waals surface area contributed by atoms with Gasteiger partial charge < -0.3 is 10.0 Å². The van der Waals surface area contributed by atoms with Crippen LogP contribution in [-0.4, -0.2) is 30.1 Å². The van der Waals surface area contributed by atoms with Crippen molar-refractivity contribution in [3.8, 4) is 0 Å². The summed E-state index contributed by atoms with van der Waals surface area (Å²) in [5.74, 6) is -0.0443. The van der Waals surface area contributed by atoms with Crippen LogP contribution in [0.1, 0.15) is 6.42 Å². The molecule has 0 radical (unpaired) electrons. The molecule has 1 atom stereocenters. The number of hydrogen-bond acceptors (Lipinski definition) is 3. The Morgan fingerprint density at radius 3 is 2.64 bits per heavy atom. The van der Waals surface area contributed by atoms with E-state index in [-0.39, 0.29) is 5.78 Å². The Bertz CT molecular complexity index is 323. The fraction of sp³-hybridized carbons (Fsp3) is 0.364. The normalized spacial score (nSPS) is 22.5. The summed E-state index contributed by atoms with van der Waals surface area (Å²) in [7, 11) is 0. The quantitative estimate of drug-likeness (QED) is 0.714. The van der Waals surface area contributed by atoms with Crippen LogP contribution < -0.4 is 4.90 Å². The van der Waals surface area contributed by atoms with E-state index in [9.17, 15) is 9.90 Å². The molecule has 1 N–H and O–H groups in total. The number of hydrogen-bond donors (Lipinski definition) is 1. The first-order valence-corrected chi connectivity index (χ1v) is 4.78.